The van der Waals surface area contributed by atoms with Crippen LogP contribution in [-0.2, 0) is 17.8 Å². The molecule has 1 amide bonds. The summed E-state index contributed by atoms with van der Waals surface area (Å²) < 4.78 is 1.75. The van der Waals surface area contributed by atoms with Crippen molar-refractivity contribution in [1.29, 1.82) is 0 Å². The molecule has 130 valence electrons. The van der Waals surface area contributed by atoms with E-state index in [0.29, 0.717) is 22.4 Å². The van der Waals surface area contributed by atoms with Crippen molar-refractivity contribution in [1.82, 2.24) is 9.97 Å². The van der Waals surface area contributed by atoms with Gasteiger partial charge in [-0.25, -0.2) is 4.98 Å². The van der Waals surface area contributed by atoms with Gasteiger partial charge in [0.2, 0.25) is 5.91 Å². The Morgan fingerprint density at radius 1 is 1.08 bits per heavy atom. The van der Waals surface area contributed by atoms with Gasteiger partial charge in [0, 0.05) is 17.3 Å². The number of carbonyl (C=O) groups excluding carboxylic acids is 1. The van der Waals surface area contributed by atoms with Gasteiger partial charge in [-0.1, -0.05) is 41.1 Å². The lowest BCUT2D eigenvalue weighted by molar-refractivity contribution is -0.118. The number of aromatic nitrogens is 2. The predicted octanol–water partition coefficient (Wildman–Crippen LogP) is 5.18. The average Bonchev–Trinajstić information content (AvgIpc) is 3.26. The molecule has 0 bridgehead atoms. The molecule has 0 aliphatic rings. The Morgan fingerprint density at radius 3 is 2.69 bits per heavy atom. The molecule has 0 unspecified atom stereocenters. The van der Waals surface area contributed by atoms with Crippen LogP contribution in [0.3, 0.4) is 0 Å². The van der Waals surface area contributed by atoms with Crippen LogP contribution in [0.15, 0.2) is 60.9 Å². The van der Waals surface area contributed by atoms with Crippen LogP contribution >= 0.6 is 34.3 Å². The lowest BCUT2D eigenvalue weighted by Gasteiger charge is -2.19. The number of thiophene rings is 1. The number of fused-ring (bicyclic) bond motifs is 1. The number of hydrogen-bond acceptors (Lipinski definition) is 5. The second-order valence-corrected chi connectivity index (χ2v) is 8.50. The Hall–Kier alpha value is -2.28. The molecule has 4 nitrogen and oxygen atoms in total. The van der Waals surface area contributed by atoms with Gasteiger partial charge in [-0.3, -0.25) is 14.7 Å². The molecule has 0 fully saturated rings. The van der Waals surface area contributed by atoms with E-state index in [0.717, 1.165) is 20.7 Å². The molecule has 26 heavy (non-hydrogen) atoms. The zero-order valence-electron chi connectivity index (χ0n) is 13.6. The maximum atomic E-state index is 13.0. The smallest absolute Gasteiger partial charge is 0.234 e. The van der Waals surface area contributed by atoms with E-state index >= 15 is 0 Å². The molecular weight excluding hydrogens is 386 g/mol. The first-order valence-electron chi connectivity index (χ1n) is 7.98. The highest BCUT2D eigenvalue weighted by Gasteiger charge is 2.21. The number of pyridine rings is 1. The van der Waals surface area contributed by atoms with Gasteiger partial charge in [0.15, 0.2) is 5.13 Å². The van der Waals surface area contributed by atoms with Crippen molar-refractivity contribution in [2.75, 3.05) is 4.90 Å². The highest BCUT2D eigenvalue weighted by molar-refractivity contribution is 7.22. The monoisotopic (exact) mass is 399 g/mol. The van der Waals surface area contributed by atoms with Crippen molar-refractivity contribution in [2.24, 2.45) is 0 Å². The minimum Gasteiger partial charge on any atom is -0.283 e. The first kappa shape index (κ1) is 17.1. The largest absolute Gasteiger partial charge is 0.283 e. The normalized spacial score (nSPS) is 11.0. The van der Waals surface area contributed by atoms with Crippen LogP contribution in [0.5, 0.6) is 0 Å². The number of hydrogen-bond donors (Lipinski definition) is 0. The van der Waals surface area contributed by atoms with E-state index in [9.17, 15) is 4.79 Å². The van der Waals surface area contributed by atoms with Crippen LogP contribution in [0.2, 0.25) is 4.34 Å². The fourth-order valence-electron chi connectivity index (χ4n) is 2.60. The number of nitrogens with zero attached hydrogens (tertiary/aromatic N) is 3. The fraction of sp³-hybridized carbons (Fsp3) is 0.105. The lowest BCUT2D eigenvalue weighted by Crippen LogP contribution is -2.31. The zero-order valence-corrected chi connectivity index (χ0v) is 16.0. The summed E-state index contributed by atoms with van der Waals surface area (Å²) in [6, 6.07) is 15.4. The third kappa shape index (κ3) is 3.77. The molecule has 3 heterocycles. The van der Waals surface area contributed by atoms with E-state index < -0.39 is 0 Å². The molecule has 4 rings (SSSR count). The third-order valence-corrected chi connectivity index (χ3v) is 6.12. The highest BCUT2D eigenvalue weighted by atomic mass is 35.5. The van der Waals surface area contributed by atoms with Gasteiger partial charge < -0.3 is 0 Å². The molecule has 0 aliphatic heterocycles. The summed E-state index contributed by atoms with van der Waals surface area (Å²) >= 11 is 8.95. The minimum absolute atomic E-state index is 0.00794. The summed E-state index contributed by atoms with van der Waals surface area (Å²) in [4.78, 5) is 24.5. The molecule has 0 N–H and O–H groups in total. The number of benzene rings is 1. The molecule has 0 aliphatic carbocycles. The number of carbonyl (C=O) groups is 1. The molecule has 3 aromatic heterocycles. The van der Waals surface area contributed by atoms with Gasteiger partial charge in [0.05, 0.1) is 27.5 Å². The maximum Gasteiger partial charge on any atom is 0.234 e. The molecule has 0 atom stereocenters. The van der Waals surface area contributed by atoms with Crippen molar-refractivity contribution in [2.45, 2.75) is 13.0 Å². The summed E-state index contributed by atoms with van der Waals surface area (Å²) in [5.41, 5.74) is 1.86. The van der Waals surface area contributed by atoms with E-state index in [4.69, 9.17) is 11.6 Å². The molecular formula is C19H14ClN3OS2. The van der Waals surface area contributed by atoms with Crippen molar-refractivity contribution in [3.8, 4) is 0 Å². The van der Waals surface area contributed by atoms with Crippen molar-refractivity contribution in [3.63, 3.8) is 0 Å². The Kier molecular flexibility index (Phi) is 4.97. The third-order valence-electron chi connectivity index (χ3n) is 3.83. The number of anilines is 1. The van der Waals surface area contributed by atoms with E-state index in [-0.39, 0.29) is 5.91 Å². The second kappa shape index (κ2) is 7.53. The molecule has 0 saturated heterocycles. The maximum absolute atomic E-state index is 13.0. The number of rotatable bonds is 5. The summed E-state index contributed by atoms with van der Waals surface area (Å²) in [5, 5.41) is 0.697. The van der Waals surface area contributed by atoms with Gasteiger partial charge >= 0.3 is 0 Å². The number of para-hydroxylation sites is 1. The standard InChI is InChI=1S/C19H14ClN3OS2/c20-17-8-7-14(25-17)10-18(24)23(12-13-4-3-9-21-11-13)19-22-15-5-1-2-6-16(15)26-19/h1-9,11H,10,12H2. The van der Waals surface area contributed by atoms with Crippen LogP contribution in [0.25, 0.3) is 10.2 Å². The minimum atomic E-state index is -0.00794. The second-order valence-electron chi connectivity index (χ2n) is 5.69. The Labute approximate surface area is 163 Å². The highest BCUT2D eigenvalue weighted by Crippen LogP contribution is 2.30. The van der Waals surface area contributed by atoms with Crippen molar-refractivity contribution >= 4 is 55.5 Å². The molecule has 4 aromatic rings. The van der Waals surface area contributed by atoms with E-state index in [2.05, 4.69) is 9.97 Å². The van der Waals surface area contributed by atoms with Crippen LogP contribution < -0.4 is 4.90 Å². The number of halogens is 1. The summed E-state index contributed by atoms with van der Waals surface area (Å²) in [6.45, 7) is 0.436. The van der Waals surface area contributed by atoms with Crippen LogP contribution in [0.4, 0.5) is 5.13 Å². The molecule has 7 heteroatoms. The van der Waals surface area contributed by atoms with Crippen LogP contribution in [0.1, 0.15) is 10.4 Å². The predicted molar refractivity (Wildman–Crippen MR) is 108 cm³/mol. The Balaban J connectivity index is 1.67. The summed E-state index contributed by atoms with van der Waals surface area (Å²) in [7, 11) is 0. The number of thiazole rings is 1. The van der Waals surface area contributed by atoms with Gasteiger partial charge in [-0.2, -0.15) is 0 Å². The molecule has 1 aromatic carbocycles. The van der Waals surface area contributed by atoms with E-state index in [1.165, 1.54) is 22.7 Å². The fourth-order valence-corrected chi connectivity index (χ4v) is 4.66. The Morgan fingerprint density at radius 2 is 1.96 bits per heavy atom. The van der Waals surface area contributed by atoms with Gasteiger partial charge in [-0.15, -0.1) is 11.3 Å². The number of amides is 1. The first-order chi connectivity index (χ1) is 12.7. The van der Waals surface area contributed by atoms with Crippen LogP contribution in [0, 0.1) is 0 Å². The van der Waals surface area contributed by atoms with Crippen molar-refractivity contribution < 1.29 is 4.79 Å². The van der Waals surface area contributed by atoms with Gasteiger partial charge in [-0.05, 0) is 35.9 Å². The first-order valence-corrected chi connectivity index (χ1v) is 9.99. The van der Waals surface area contributed by atoms with Gasteiger partial charge in [0.1, 0.15) is 0 Å². The zero-order chi connectivity index (χ0) is 17.9. The SMILES string of the molecule is O=C(Cc1ccc(Cl)s1)N(Cc1cccnc1)c1nc2ccccc2s1. The van der Waals surface area contributed by atoms with E-state index in [1.807, 2.05) is 48.5 Å². The van der Waals surface area contributed by atoms with E-state index in [1.54, 1.807) is 17.3 Å². The molecule has 0 radical (unpaired) electrons. The molecule has 0 saturated carbocycles. The summed E-state index contributed by atoms with van der Waals surface area (Å²) in [6.07, 6.45) is 3.80. The molecule has 0 spiro atoms. The Bertz CT molecular complexity index is 1010. The average molecular weight is 400 g/mol. The quantitative estimate of drug-likeness (QED) is 0.464. The van der Waals surface area contributed by atoms with Crippen LogP contribution in [-0.4, -0.2) is 15.9 Å². The topological polar surface area (TPSA) is 46.1 Å². The van der Waals surface area contributed by atoms with Crippen molar-refractivity contribution in [3.05, 3.63) is 75.7 Å². The lowest BCUT2D eigenvalue weighted by atomic mass is 10.2. The summed E-state index contributed by atoms with van der Waals surface area (Å²) in [5.74, 6) is -0.00794. The van der Waals surface area contributed by atoms with Gasteiger partial charge in [0.25, 0.3) is 0 Å².